The van der Waals surface area contributed by atoms with Gasteiger partial charge in [-0.25, -0.2) is 0 Å². The summed E-state index contributed by atoms with van der Waals surface area (Å²) >= 11 is 5.16. The monoisotopic (exact) mass is 349 g/mol. The number of anilines is 1. The molecule has 126 valence electrons. The molecular weight excluding hydrogens is 332 g/mol. The molecule has 0 aliphatic heterocycles. The average molecular weight is 349 g/mol. The van der Waals surface area contributed by atoms with Gasteiger partial charge in [-0.2, -0.15) is 13.9 Å². The van der Waals surface area contributed by atoms with Crippen LogP contribution in [0.1, 0.15) is 16.7 Å². The molecule has 7 heteroatoms. The summed E-state index contributed by atoms with van der Waals surface area (Å²) in [6.07, 6.45) is 1.37. The van der Waals surface area contributed by atoms with E-state index in [-0.39, 0.29) is 5.75 Å². The van der Waals surface area contributed by atoms with E-state index in [9.17, 15) is 8.78 Å². The van der Waals surface area contributed by atoms with Crippen molar-refractivity contribution in [1.29, 1.82) is 0 Å². The molecule has 2 rings (SSSR count). The number of alkyl halides is 2. The lowest BCUT2D eigenvalue weighted by Crippen LogP contribution is -2.24. The topological polar surface area (TPSA) is 45.7 Å². The maximum absolute atomic E-state index is 12.3. The number of thiocarbonyl (C=S) groups is 1. The number of nitrogens with zero attached hydrogens (tertiary/aromatic N) is 1. The van der Waals surface area contributed by atoms with Gasteiger partial charge in [0.1, 0.15) is 5.75 Å². The van der Waals surface area contributed by atoms with Crippen molar-refractivity contribution in [1.82, 2.24) is 5.43 Å². The van der Waals surface area contributed by atoms with Gasteiger partial charge in [0.15, 0.2) is 5.11 Å². The van der Waals surface area contributed by atoms with Gasteiger partial charge in [0, 0.05) is 11.3 Å². The number of para-hydroxylation sites is 1. The Labute approximate surface area is 144 Å². The van der Waals surface area contributed by atoms with Crippen LogP contribution in [0.4, 0.5) is 14.5 Å². The maximum atomic E-state index is 12.3. The molecule has 0 saturated carbocycles. The first-order valence-electron chi connectivity index (χ1n) is 7.17. The van der Waals surface area contributed by atoms with Crippen LogP contribution in [0.15, 0.2) is 47.6 Å². The second kappa shape index (κ2) is 8.35. The lowest BCUT2D eigenvalue weighted by Gasteiger charge is -2.10. The molecular formula is C17H17F2N3OS. The number of ether oxygens (including phenoxy) is 1. The molecule has 0 spiro atoms. The van der Waals surface area contributed by atoms with Gasteiger partial charge in [-0.05, 0) is 49.8 Å². The molecule has 2 aromatic carbocycles. The zero-order valence-corrected chi connectivity index (χ0v) is 14.0. The first kappa shape index (κ1) is 17.8. The van der Waals surface area contributed by atoms with Crippen LogP contribution in [-0.2, 0) is 0 Å². The fourth-order valence-corrected chi connectivity index (χ4v) is 2.22. The van der Waals surface area contributed by atoms with E-state index in [1.165, 1.54) is 12.3 Å². The SMILES string of the molecule is Cc1ccc(NC(=S)NN=Cc2ccccc2OC(F)F)c(C)c1. The van der Waals surface area contributed by atoms with Crippen molar-refractivity contribution in [3.05, 3.63) is 59.2 Å². The number of aryl methyl sites for hydroxylation is 2. The van der Waals surface area contributed by atoms with Crippen molar-refractivity contribution in [2.75, 3.05) is 5.32 Å². The van der Waals surface area contributed by atoms with Crippen LogP contribution < -0.4 is 15.5 Å². The molecule has 0 unspecified atom stereocenters. The molecule has 4 nitrogen and oxygen atoms in total. The summed E-state index contributed by atoms with van der Waals surface area (Å²) in [5.41, 5.74) is 6.15. The Bertz CT molecular complexity index is 750. The Morgan fingerprint density at radius 2 is 1.96 bits per heavy atom. The first-order valence-corrected chi connectivity index (χ1v) is 7.57. The van der Waals surface area contributed by atoms with Crippen LogP contribution in [0.2, 0.25) is 0 Å². The Morgan fingerprint density at radius 1 is 1.21 bits per heavy atom. The molecule has 0 heterocycles. The Kier molecular flexibility index (Phi) is 6.20. The third-order valence-corrected chi connectivity index (χ3v) is 3.33. The van der Waals surface area contributed by atoms with E-state index in [0.717, 1.165) is 16.8 Å². The van der Waals surface area contributed by atoms with Gasteiger partial charge >= 0.3 is 6.61 Å². The number of nitrogens with one attached hydrogen (secondary N) is 2. The van der Waals surface area contributed by atoms with Gasteiger partial charge in [0.25, 0.3) is 0 Å². The molecule has 0 bridgehead atoms. The largest absolute Gasteiger partial charge is 0.434 e. The molecule has 0 aliphatic rings. The predicted octanol–water partition coefficient (Wildman–Crippen LogP) is 4.23. The molecule has 0 radical (unpaired) electrons. The van der Waals surface area contributed by atoms with Crippen LogP contribution in [0.5, 0.6) is 5.75 Å². The minimum atomic E-state index is -2.89. The standard InChI is InChI=1S/C17H17F2N3OS/c1-11-7-8-14(12(2)9-11)21-17(24)22-20-10-13-5-3-4-6-15(13)23-16(18)19/h3-10,16H,1-2H3,(H2,21,22,24). The van der Waals surface area contributed by atoms with Crippen molar-refractivity contribution in [2.24, 2.45) is 5.10 Å². The van der Waals surface area contributed by atoms with Gasteiger partial charge in [0.05, 0.1) is 6.21 Å². The summed E-state index contributed by atoms with van der Waals surface area (Å²) in [7, 11) is 0. The minimum absolute atomic E-state index is 0.0475. The van der Waals surface area contributed by atoms with Crippen LogP contribution >= 0.6 is 12.2 Å². The van der Waals surface area contributed by atoms with Crippen molar-refractivity contribution in [3.8, 4) is 5.75 Å². The lowest BCUT2D eigenvalue weighted by atomic mass is 10.1. The number of rotatable bonds is 5. The Hall–Kier alpha value is -2.54. The normalized spacial score (nSPS) is 10.9. The summed E-state index contributed by atoms with van der Waals surface area (Å²) in [5.74, 6) is 0.0475. The highest BCUT2D eigenvalue weighted by Gasteiger charge is 2.07. The van der Waals surface area contributed by atoms with E-state index in [1.807, 2.05) is 32.0 Å². The highest BCUT2D eigenvalue weighted by Crippen LogP contribution is 2.18. The molecule has 2 aromatic rings. The highest BCUT2D eigenvalue weighted by atomic mass is 32.1. The summed E-state index contributed by atoms with van der Waals surface area (Å²) < 4.78 is 29.1. The summed E-state index contributed by atoms with van der Waals surface area (Å²) in [4.78, 5) is 0. The fraction of sp³-hybridized carbons (Fsp3) is 0.176. The molecule has 0 aliphatic carbocycles. The van der Waals surface area contributed by atoms with E-state index in [1.54, 1.807) is 18.2 Å². The quantitative estimate of drug-likeness (QED) is 0.482. The van der Waals surface area contributed by atoms with Gasteiger partial charge in [-0.3, -0.25) is 5.43 Å². The molecule has 0 fully saturated rings. The average Bonchev–Trinajstić information content (AvgIpc) is 2.51. The molecule has 0 amide bonds. The highest BCUT2D eigenvalue weighted by molar-refractivity contribution is 7.80. The smallest absolute Gasteiger partial charge is 0.387 e. The number of benzene rings is 2. The number of hydrogen-bond acceptors (Lipinski definition) is 3. The Balaban J connectivity index is 1.97. The van der Waals surface area contributed by atoms with Gasteiger partial charge < -0.3 is 10.1 Å². The second-order valence-corrected chi connectivity index (χ2v) is 5.47. The van der Waals surface area contributed by atoms with Crippen molar-refractivity contribution >= 4 is 29.2 Å². The zero-order valence-electron chi connectivity index (χ0n) is 13.2. The van der Waals surface area contributed by atoms with Crippen LogP contribution in [-0.4, -0.2) is 17.9 Å². The van der Waals surface area contributed by atoms with Gasteiger partial charge in [-0.15, -0.1) is 0 Å². The summed E-state index contributed by atoms with van der Waals surface area (Å²) in [6.45, 7) is 1.09. The summed E-state index contributed by atoms with van der Waals surface area (Å²) in [5, 5.41) is 7.27. The van der Waals surface area contributed by atoms with E-state index >= 15 is 0 Å². The van der Waals surface area contributed by atoms with Crippen LogP contribution in [0, 0.1) is 13.8 Å². The zero-order chi connectivity index (χ0) is 17.5. The molecule has 0 aromatic heterocycles. The fourth-order valence-electron chi connectivity index (χ4n) is 2.06. The molecule has 24 heavy (non-hydrogen) atoms. The van der Waals surface area contributed by atoms with E-state index in [0.29, 0.717) is 10.7 Å². The third kappa shape index (κ3) is 5.27. The lowest BCUT2D eigenvalue weighted by molar-refractivity contribution is -0.0499. The minimum Gasteiger partial charge on any atom is -0.434 e. The molecule has 0 saturated heterocycles. The van der Waals surface area contributed by atoms with Crippen LogP contribution in [0.3, 0.4) is 0 Å². The molecule has 2 N–H and O–H groups in total. The van der Waals surface area contributed by atoms with E-state index in [4.69, 9.17) is 12.2 Å². The second-order valence-electron chi connectivity index (χ2n) is 5.06. The maximum Gasteiger partial charge on any atom is 0.387 e. The Morgan fingerprint density at radius 3 is 2.67 bits per heavy atom. The van der Waals surface area contributed by atoms with Crippen molar-refractivity contribution in [3.63, 3.8) is 0 Å². The number of hydrogen-bond donors (Lipinski definition) is 2. The number of hydrazone groups is 1. The third-order valence-electron chi connectivity index (χ3n) is 3.13. The van der Waals surface area contributed by atoms with Gasteiger partial charge in [0.2, 0.25) is 0 Å². The van der Waals surface area contributed by atoms with E-state index < -0.39 is 6.61 Å². The molecule has 0 atom stereocenters. The first-order chi connectivity index (χ1) is 11.5. The predicted molar refractivity (Wildman–Crippen MR) is 95.9 cm³/mol. The van der Waals surface area contributed by atoms with Crippen molar-refractivity contribution < 1.29 is 13.5 Å². The van der Waals surface area contributed by atoms with E-state index in [2.05, 4.69) is 20.6 Å². The van der Waals surface area contributed by atoms with Gasteiger partial charge in [-0.1, -0.05) is 29.8 Å². The van der Waals surface area contributed by atoms with Crippen molar-refractivity contribution in [2.45, 2.75) is 20.5 Å². The van der Waals surface area contributed by atoms with Crippen LogP contribution in [0.25, 0.3) is 0 Å². The number of halogens is 2. The summed E-state index contributed by atoms with van der Waals surface area (Å²) in [6, 6.07) is 12.3.